The first-order valence-electron chi connectivity index (χ1n) is 5.19. The summed E-state index contributed by atoms with van der Waals surface area (Å²) < 4.78 is 27.2. The maximum atomic E-state index is 13.7. The fourth-order valence-corrected chi connectivity index (χ4v) is 1.43. The summed E-state index contributed by atoms with van der Waals surface area (Å²) >= 11 is 0. The zero-order chi connectivity index (χ0) is 13.1. The molecule has 5 heteroatoms. The molecular formula is C13H9F2N3. The van der Waals surface area contributed by atoms with Crippen LogP contribution in [0, 0.1) is 29.9 Å². The maximum Gasteiger partial charge on any atom is 0.152 e. The number of hydrogen-bond acceptors (Lipinski definition) is 3. The molecule has 90 valence electrons. The molecule has 0 saturated heterocycles. The Labute approximate surface area is 103 Å². The number of halogens is 2. The van der Waals surface area contributed by atoms with Crippen LogP contribution in [0.4, 0.5) is 20.3 Å². The highest BCUT2D eigenvalue weighted by Crippen LogP contribution is 2.24. The van der Waals surface area contributed by atoms with E-state index in [1.807, 2.05) is 6.07 Å². The van der Waals surface area contributed by atoms with Crippen LogP contribution in [0.5, 0.6) is 0 Å². The van der Waals surface area contributed by atoms with E-state index in [0.717, 1.165) is 0 Å². The number of aryl methyl sites for hydroxylation is 1. The van der Waals surface area contributed by atoms with E-state index in [-0.39, 0.29) is 11.5 Å². The Morgan fingerprint density at radius 3 is 2.61 bits per heavy atom. The molecule has 0 spiro atoms. The largest absolute Gasteiger partial charge is 0.335 e. The minimum Gasteiger partial charge on any atom is -0.335 e. The van der Waals surface area contributed by atoms with Crippen molar-refractivity contribution in [2.75, 3.05) is 5.32 Å². The van der Waals surface area contributed by atoms with Gasteiger partial charge in [0.2, 0.25) is 0 Å². The first kappa shape index (κ1) is 12.0. The number of aromatic nitrogens is 1. The molecule has 0 bridgehead atoms. The SMILES string of the molecule is Cc1ccc(F)c(Nc2ccc(C#N)cn2)c1F. The molecule has 0 saturated carbocycles. The predicted octanol–water partition coefficient (Wildman–Crippen LogP) is 3.28. The summed E-state index contributed by atoms with van der Waals surface area (Å²) in [4.78, 5) is 3.89. The van der Waals surface area contributed by atoms with Gasteiger partial charge >= 0.3 is 0 Å². The fourth-order valence-electron chi connectivity index (χ4n) is 1.43. The first-order valence-corrected chi connectivity index (χ1v) is 5.19. The summed E-state index contributed by atoms with van der Waals surface area (Å²) in [6.07, 6.45) is 1.33. The lowest BCUT2D eigenvalue weighted by atomic mass is 10.2. The Bertz CT molecular complexity index is 615. The molecule has 1 aromatic carbocycles. The van der Waals surface area contributed by atoms with Crippen LogP contribution >= 0.6 is 0 Å². The summed E-state index contributed by atoms with van der Waals surface area (Å²) in [6, 6.07) is 7.46. The quantitative estimate of drug-likeness (QED) is 0.883. The number of anilines is 2. The molecule has 18 heavy (non-hydrogen) atoms. The highest BCUT2D eigenvalue weighted by Gasteiger charge is 2.11. The van der Waals surface area contributed by atoms with Crippen LogP contribution in [0.15, 0.2) is 30.5 Å². The van der Waals surface area contributed by atoms with Crippen molar-refractivity contribution in [2.24, 2.45) is 0 Å². The van der Waals surface area contributed by atoms with Crippen molar-refractivity contribution in [3.63, 3.8) is 0 Å². The average Bonchev–Trinajstić information content (AvgIpc) is 2.40. The van der Waals surface area contributed by atoms with Crippen molar-refractivity contribution in [3.8, 4) is 6.07 Å². The smallest absolute Gasteiger partial charge is 0.152 e. The Balaban J connectivity index is 2.34. The Hall–Kier alpha value is -2.48. The third-order valence-corrected chi connectivity index (χ3v) is 2.43. The van der Waals surface area contributed by atoms with Gasteiger partial charge in [-0.05, 0) is 30.7 Å². The molecule has 3 nitrogen and oxygen atoms in total. The van der Waals surface area contributed by atoms with Crippen LogP contribution in [0.25, 0.3) is 0 Å². The van der Waals surface area contributed by atoms with Gasteiger partial charge < -0.3 is 5.32 Å². The summed E-state index contributed by atoms with van der Waals surface area (Å²) in [7, 11) is 0. The van der Waals surface area contributed by atoms with Crippen molar-refractivity contribution in [1.82, 2.24) is 4.98 Å². The van der Waals surface area contributed by atoms with Crippen molar-refractivity contribution in [1.29, 1.82) is 5.26 Å². The van der Waals surface area contributed by atoms with Gasteiger partial charge in [-0.15, -0.1) is 0 Å². The number of benzene rings is 1. The molecule has 0 radical (unpaired) electrons. The van der Waals surface area contributed by atoms with Gasteiger partial charge in [-0.1, -0.05) is 6.07 Å². The number of nitrogens with zero attached hydrogens (tertiary/aromatic N) is 2. The second kappa shape index (κ2) is 4.80. The lowest BCUT2D eigenvalue weighted by molar-refractivity contribution is 0.584. The highest BCUT2D eigenvalue weighted by molar-refractivity contribution is 5.59. The van der Waals surface area contributed by atoms with Gasteiger partial charge in [-0.25, -0.2) is 13.8 Å². The molecule has 2 rings (SSSR count). The molecule has 0 fully saturated rings. The number of nitriles is 1. The molecule has 1 N–H and O–H groups in total. The van der Waals surface area contributed by atoms with Crippen molar-refractivity contribution < 1.29 is 8.78 Å². The van der Waals surface area contributed by atoms with E-state index >= 15 is 0 Å². The zero-order valence-electron chi connectivity index (χ0n) is 9.54. The molecule has 0 aliphatic carbocycles. The van der Waals surface area contributed by atoms with E-state index in [1.165, 1.54) is 30.5 Å². The van der Waals surface area contributed by atoms with Crippen LogP contribution in [-0.2, 0) is 0 Å². The fraction of sp³-hybridized carbons (Fsp3) is 0.0769. The van der Waals surface area contributed by atoms with E-state index in [0.29, 0.717) is 11.1 Å². The van der Waals surface area contributed by atoms with Crippen LogP contribution in [-0.4, -0.2) is 4.98 Å². The van der Waals surface area contributed by atoms with Crippen molar-refractivity contribution >= 4 is 11.5 Å². The summed E-state index contributed by atoms with van der Waals surface area (Å²) in [5.41, 5.74) is 0.477. The third kappa shape index (κ3) is 2.28. The van der Waals surface area contributed by atoms with Gasteiger partial charge in [0.05, 0.1) is 5.56 Å². The second-order valence-electron chi connectivity index (χ2n) is 3.72. The Morgan fingerprint density at radius 2 is 2.00 bits per heavy atom. The van der Waals surface area contributed by atoms with Gasteiger partial charge in [0, 0.05) is 6.20 Å². The summed E-state index contributed by atoms with van der Waals surface area (Å²) in [5.74, 6) is -1.07. The van der Waals surface area contributed by atoms with Crippen LogP contribution in [0.3, 0.4) is 0 Å². The lowest BCUT2D eigenvalue weighted by Gasteiger charge is -2.09. The van der Waals surface area contributed by atoms with E-state index in [4.69, 9.17) is 5.26 Å². The molecule has 0 unspecified atom stereocenters. The number of rotatable bonds is 2. The first-order chi connectivity index (χ1) is 8.61. The van der Waals surface area contributed by atoms with Gasteiger partial charge in [0.25, 0.3) is 0 Å². The standard InChI is InChI=1S/C13H9F2N3/c1-8-2-4-10(14)13(12(8)15)18-11-5-3-9(6-16)7-17-11/h2-5,7H,1H3,(H,17,18). The normalized spacial score (nSPS) is 9.89. The molecule has 2 aromatic rings. The minimum absolute atomic E-state index is 0.243. The Morgan fingerprint density at radius 1 is 1.22 bits per heavy atom. The summed E-state index contributed by atoms with van der Waals surface area (Å²) in [5, 5.41) is 11.2. The van der Waals surface area contributed by atoms with Crippen LogP contribution in [0.1, 0.15) is 11.1 Å². The number of nitrogens with one attached hydrogen (secondary N) is 1. The number of hydrogen-bond donors (Lipinski definition) is 1. The lowest BCUT2D eigenvalue weighted by Crippen LogP contribution is -2.00. The molecular weight excluding hydrogens is 236 g/mol. The minimum atomic E-state index is -0.691. The topological polar surface area (TPSA) is 48.7 Å². The van der Waals surface area contributed by atoms with Crippen molar-refractivity contribution in [2.45, 2.75) is 6.92 Å². The van der Waals surface area contributed by atoms with Crippen LogP contribution < -0.4 is 5.32 Å². The molecule has 1 heterocycles. The monoisotopic (exact) mass is 245 g/mol. The molecule has 0 aliphatic rings. The summed E-state index contributed by atoms with van der Waals surface area (Å²) in [6.45, 7) is 1.55. The zero-order valence-corrected chi connectivity index (χ0v) is 9.54. The van der Waals surface area contributed by atoms with E-state index in [9.17, 15) is 8.78 Å². The molecule has 0 atom stereocenters. The van der Waals surface area contributed by atoms with E-state index < -0.39 is 11.6 Å². The van der Waals surface area contributed by atoms with Gasteiger partial charge in [0.1, 0.15) is 23.4 Å². The van der Waals surface area contributed by atoms with Gasteiger partial charge in [0.15, 0.2) is 5.82 Å². The van der Waals surface area contributed by atoms with Crippen LogP contribution in [0.2, 0.25) is 0 Å². The van der Waals surface area contributed by atoms with Gasteiger partial charge in [-0.2, -0.15) is 5.26 Å². The maximum absolute atomic E-state index is 13.7. The Kier molecular flexibility index (Phi) is 3.20. The predicted molar refractivity (Wildman–Crippen MR) is 63.3 cm³/mol. The second-order valence-corrected chi connectivity index (χ2v) is 3.72. The van der Waals surface area contributed by atoms with Gasteiger partial charge in [-0.3, -0.25) is 0 Å². The molecule has 1 aromatic heterocycles. The molecule has 0 amide bonds. The highest BCUT2D eigenvalue weighted by atomic mass is 19.1. The third-order valence-electron chi connectivity index (χ3n) is 2.43. The molecule has 0 aliphatic heterocycles. The van der Waals surface area contributed by atoms with Crippen molar-refractivity contribution in [3.05, 3.63) is 53.2 Å². The van der Waals surface area contributed by atoms with E-state index in [2.05, 4.69) is 10.3 Å². The van der Waals surface area contributed by atoms with E-state index in [1.54, 1.807) is 6.92 Å². The number of pyridine rings is 1. The average molecular weight is 245 g/mol.